The monoisotopic (exact) mass is 510 g/mol. The van der Waals surface area contributed by atoms with Crippen molar-refractivity contribution in [2.45, 2.75) is 53.0 Å². The number of rotatable bonds is 4. The minimum atomic E-state index is -0.364. The van der Waals surface area contributed by atoms with Crippen LogP contribution in [0, 0.1) is 30.5 Å². The number of nitrogen functional groups attached to an aromatic ring is 1. The van der Waals surface area contributed by atoms with Gasteiger partial charge in [0.15, 0.2) is 17.0 Å². The fraction of sp³-hybridized carbons (Fsp3) is 0.407. The van der Waals surface area contributed by atoms with Gasteiger partial charge in [-0.3, -0.25) is 9.36 Å². The van der Waals surface area contributed by atoms with Gasteiger partial charge in [-0.2, -0.15) is 0 Å². The van der Waals surface area contributed by atoms with E-state index in [0.717, 1.165) is 18.5 Å². The van der Waals surface area contributed by atoms with Crippen LogP contribution in [-0.4, -0.2) is 24.1 Å². The van der Waals surface area contributed by atoms with E-state index in [2.05, 4.69) is 30.7 Å². The van der Waals surface area contributed by atoms with E-state index in [0.29, 0.717) is 46.1 Å². The Hall–Kier alpha value is -3.26. The lowest BCUT2D eigenvalue weighted by Crippen LogP contribution is -2.35. The zero-order valence-corrected chi connectivity index (χ0v) is 21.8. The predicted molar refractivity (Wildman–Crippen MR) is 143 cm³/mol. The number of halogens is 2. The maximum absolute atomic E-state index is 14.2. The molecule has 3 atom stereocenters. The summed E-state index contributed by atoms with van der Waals surface area (Å²) in [6.45, 7) is 8.49. The number of anilines is 1. The molecule has 0 aliphatic heterocycles. The van der Waals surface area contributed by atoms with Crippen molar-refractivity contribution in [2.24, 2.45) is 17.8 Å². The van der Waals surface area contributed by atoms with Crippen LogP contribution in [0.3, 0.4) is 0 Å². The molecule has 4 aromatic rings. The first kappa shape index (κ1) is 25.8. The van der Waals surface area contributed by atoms with Crippen LogP contribution in [0.5, 0.6) is 0 Å². The van der Waals surface area contributed by atoms with Crippen LogP contribution >= 0.6 is 12.4 Å². The molecule has 3 unspecified atom stereocenters. The molecule has 3 aromatic heterocycles. The molecular weight excluding hydrogens is 479 g/mol. The number of pyridine rings is 1. The lowest BCUT2D eigenvalue weighted by Gasteiger charge is -2.38. The highest BCUT2D eigenvalue weighted by molar-refractivity contribution is 5.87. The lowest BCUT2D eigenvalue weighted by atomic mass is 9.74. The number of nitrogens with zero attached hydrogens (tertiary/aromatic N) is 5. The topological polar surface area (TPSA) is 91.6 Å². The maximum Gasteiger partial charge on any atom is 0.250 e. The average Bonchev–Trinajstić information content (AvgIpc) is 3.19. The standard InChI is InChI=1S/C27H31FN6O.ClH/c1-15(2)21-10-8-16(3)12-22(21)33-14-20(9-11-23(33)35)34-26(18-6-5-7-19(28)13-18)32-24-25(29)30-17(4)31-27(24)34;/h5-7,9,11,13-16,21-22H,8,10,12H2,1-4H3,(H2,29,30,31);1H. The van der Waals surface area contributed by atoms with Crippen molar-refractivity contribution >= 4 is 29.4 Å². The molecule has 1 aromatic carbocycles. The largest absolute Gasteiger partial charge is 0.382 e. The molecule has 190 valence electrons. The van der Waals surface area contributed by atoms with Crippen molar-refractivity contribution in [1.82, 2.24) is 24.1 Å². The molecule has 36 heavy (non-hydrogen) atoms. The summed E-state index contributed by atoms with van der Waals surface area (Å²) in [5.74, 6) is 2.34. The lowest BCUT2D eigenvalue weighted by molar-refractivity contribution is 0.146. The first-order chi connectivity index (χ1) is 16.7. The van der Waals surface area contributed by atoms with Crippen LogP contribution in [0.1, 0.15) is 51.9 Å². The van der Waals surface area contributed by atoms with Gasteiger partial charge >= 0.3 is 0 Å². The Labute approximate surface area is 216 Å². The summed E-state index contributed by atoms with van der Waals surface area (Å²) >= 11 is 0. The normalized spacial score (nSPS) is 20.0. The van der Waals surface area contributed by atoms with Gasteiger partial charge in [-0.1, -0.05) is 39.3 Å². The van der Waals surface area contributed by atoms with Gasteiger partial charge in [0.25, 0.3) is 5.56 Å². The van der Waals surface area contributed by atoms with Gasteiger partial charge in [-0.25, -0.2) is 19.3 Å². The summed E-state index contributed by atoms with van der Waals surface area (Å²) in [7, 11) is 0. The van der Waals surface area contributed by atoms with E-state index in [9.17, 15) is 9.18 Å². The number of nitrogens with two attached hydrogens (primary N) is 1. The van der Waals surface area contributed by atoms with E-state index in [1.807, 2.05) is 15.3 Å². The Morgan fingerprint density at radius 2 is 1.89 bits per heavy atom. The summed E-state index contributed by atoms with van der Waals surface area (Å²) in [6.07, 6.45) is 5.14. The Kier molecular flexibility index (Phi) is 7.18. The summed E-state index contributed by atoms with van der Waals surface area (Å²) in [5.41, 5.74) is 8.46. The number of imidazole rings is 1. The van der Waals surface area contributed by atoms with Crippen molar-refractivity contribution in [1.29, 1.82) is 0 Å². The highest BCUT2D eigenvalue weighted by atomic mass is 35.5. The Bertz CT molecular complexity index is 1460. The van der Waals surface area contributed by atoms with E-state index < -0.39 is 0 Å². The molecule has 5 rings (SSSR count). The summed E-state index contributed by atoms with van der Waals surface area (Å²) in [5, 5.41) is 0. The molecule has 1 saturated carbocycles. The molecule has 0 saturated heterocycles. The SMILES string of the molecule is Cc1nc(N)c2nc(-c3cccc(F)c3)n(-c3ccc(=O)n(C4CC(C)CCC4C(C)C)c3)c2n1.Cl. The van der Waals surface area contributed by atoms with Gasteiger partial charge in [0.05, 0.1) is 5.69 Å². The second kappa shape index (κ2) is 10.0. The van der Waals surface area contributed by atoms with Crippen LogP contribution in [-0.2, 0) is 0 Å². The van der Waals surface area contributed by atoms with Gasteiger partial charge in [0.1, 0.15) is 17.5 Å². The average molecular weight is 511 g/mol. The van der Waals surface area contributed by atoms with Crippen molar-refractivity contribution in [3.05, 3.63) is 64.6 Å². The molecule has 0 spiro atoms. The van der Waals surface area contributed by atoms with Crippen LogP contribution in [0.2, 0.25) is 0 Å². The number of aryl methyl sites for hydroxylation is 1. The second-order valence-electron chi connectivity index (χ2n) is 10.1. The number of hydrogen-bond donors (Lipinski definition) is 1. The molecule has 0 radical (unpaired) electrons. The van der Waals surface area contributed by atoms with Crippen LogP contribution in [0.15, 0.2) is 47.4 Å². The molecule has 9 heteroatoms. The Morgan fingerprint density at radius 3 is 2.61 bits per heavy atom. The van der Waals surface area contributed by atoms with Gasteiger partial charge in [-0.05, 0) is 55.7 Å². The third-order valence-corrected chi connectivity index (χ3v) is 7.25. The fourth-order valence-corrected chi connectivity index (χ4v) is 5.51. The van der Waals surface area contributed by atoms with E-state index in [1.54, 1.807) is 31.2 Å². The summed E-state index contributed by atoms with van der Waals surface area (Å²) in [6, 6.07) is 9.75. The van der Waals surface area contributed by atoms with E-state index in [4.69, 9.17) is 10.7 Å². The minimum Gasteiger partial charge on any atom is -0.382 e. The summed E-state index contributed by atoms with van der Waals surface area (Å²) in [4.78, 5) is 26.7. The van der Waals surface area contributed by atoms with Gasteiger partial charge in [0, 0.05) is 23.9 Å². The molecule has 0 bridgehead atoms. The molecule has 2 N–H and O–H groups in total. The van der Waals surface area contributed by atoms with Crippen molar-refractivity contribution in [3.63, 3.8) is 0 Å². The first-order valence-corrected chi connectivity index (χ1v) is 12.2. The molecule has 1 aliphatic rings. The molecule has 7 nitrogen and oxygen atoms in total. The number of fused-ring (bicyclic) bond motifs is 1. The van der Waals surface area contributed by atoms with E-state index in [1.165, 1.54) is 18.6 Å². The zero-order valence-electron chi connectivity index (χ0n) is 21.0. The van der Waals surface area contributed by atoms with Gasteiger partial charge in [-0.15, -0.1) is 12.4 Å². The van der Waals surface area contributed by atoms with E-state index >= 15 is 0 Å². The molecule has 1 fully saturated rings. The predicted octanol–water partition coefficient (Wildman–Crippen LogP) is 5.73. The fourth-order valence-electron chi connectivity index (χ4n) is 5.51. The summed E-state index contributed by atoms with van der Waals surface area (Å²) < 4.78 is 17.9. The van der Waals surface area contributed by atoms with Crippen LogP contribution < -0.4 is 11.3 Å². The number of aromatic nitrogens is 5. The van der Waals surface area contributed by atoms with Gasteiger partial charge < -0.3 is 10.3 Å². The smallest absolute Gasteiger partial charge is 0.250 e. The quantitative estimate of drug-likeness (QED) is 0.378. The van der Waals surface area contributed by atoms with Crippen LogP contribution in [0.25, 0.3) is 28.2 Å². The second-order valence-corrected chi connectivity index (χ2v) is 10.1. The maximum atomic E-state index is 14.2. The van der Waals surface area contributed by atoms with E-state index in [-0.39, 0.29) is 35.6 Å². The molecule has 3 heterocycles. The van der Waals surface area contributed by atoms with Gasteiger partial charge in [0.2, 0.25) is 0 Å². The number of benzene rings is 1. The van der Waals surface area contributed by atoms with Crippen molar-refractivity contribution in [2.75, 3.05) is 5.73 Å². The van der Waals surface area contributed by atoms with Crippen molar-refractivity contribution < 1.29 is 4.39 Å². The van der Waals surface area contributed by atoms with Crippen LogP contribution in [0.4, 0.5) is 10.2 Å². The number of hydrogen-bond acceptors (Lipinski definition) is 5. The Morgan fingerprint density at radius 1 is 1.11 bits per heavy atom. The first-order valence-electron chi connectivity index (χ1n) is 12.2. The molecule has 0 amide bonds. The Balaban J connectivity index is 0.00000304. The molecule has 1 aliphatic carbocycles. The zero-order chi connectivity index (χ0) is 24.9. The van der Waals surface area contributed by atoms with Crippen molar-refractivity contribution in [3.8, 4) is 17.1 Å². The minimum absolute atomic E-state index is 0. The molecular formula is C27H32ClFN6O. The highest BCUT2D eigenvalue weighted by Gasteiger charge is 2.32. The third kappa shape index (κ3) is 4.62. The highest BCUT2D eigenvalue weighted by Crippen LogP contribution is 2.41. The third-order valence-electron chi connectivity index (χ3n) is 7.25.